The molecule has 0 saturated heterocycles. The molecule has 1 aromatic rings. The highest BCUT2D eigenvalue weighted by molar-refractivity contribution is 5.38. The van der Waals surface area contributed by atoms with E-state index in [1.807, 2.05) is 0 Å². The second-order valence-electron chi connectivity index (χ2n) is 3.09. The average Bonchev–Trinajstić information content (AvgIpc) is 2.28. The molecule has 0 unspecified atom stereocenters. The first-order chi connectivity index (χ1) is 7.97. The first-order valence-corrected chi connectivity index (χ1v) is 4.85. The van der Waals surface area contributed by atoms with Gasteiger partial charge in [-0.1, -0.05) is 6.08 Å². The summed E-state index contributed by atoms with van der Waals surface area (Å²) in [5.41, 5.74) is 0. The minimum absolute atomic E-state index is 0.0564. The van der Waals surface area contributed by atoms with Crippen molar-refractivity contribution in [1.29, 1.82) is 0 Å². The number of rotatable bonds is 5. The third kappa shape index (κ3) is 3.93. The Morgan fingerprint density at radius 2 is 2.18 bits per heavy atom. The smallest absolute Gasteiger partial charge is 0.451 e. The summed E-state index contributed by atoms with van der Waals surface area (Å²) < 4.78 is 42.4. The summed E-state index contributed by atoms with van der Waals surface area (Å²) in [4.78, 5) is 6.60. The van der Waals surface area contributed by atoms with Gasteiger partial charge in [-0.2, -0.15) is 18.2 Å². The van der Waals surface area contributed by atoms with E-state index >= 15 is 0 Å². The lowest BCUT2D eigenvalue weighted by atomic mass is 10.4. The third-order valence-electron chi connectivity index (χ3n) is 1.78. The van der Waals surface area contributed by atoms with Gasteiger partial charge in [-0.3, -0.25) is 0 Å². The van der Waals surface area contributed by atoms with Crippen LogP contribution in [-0.2, 0) is 6.18 Å². The average molecular weight is 247 g/mol. The summed E-state index contributed by atoms with van der Waals surface area (Å²) >= 11 is 0. The molecular formula is C10H12F3N3O. The van der Waals surface area contributed by atoms with Gasteiger partial charge in [-0.25, -0.2) is 4.98 Å². The van der Waals surface area contributed by atoms with E-state index in [-0.39, 0.29) is 18.3 Å². The van der Waals surface area contributed by atoms with Gasteiger partial charge in [0.1, 0.15) is 5.82 Å². The Kier molecular flexibility index (Phi) is 4.30. The van der Waals surface area contributed by atoms with Gasteiger partial charge in [0, 0.05) is 13.1 Å². The number of ether oxygens (including phenoxy) is 1. The molecule has 0 bridgehead atoms. The molecule has 94 valence electrons. The molecule has 0 aromatic carbocycles. The zero-order valence-electron chi connectivity index (χ0n) is 9.21. The molecule has 7 heteroatoms. The van der Waals surface area contributed by atoms with E-state index in [1.54, 1.807) is 6.08 Å². The van der Waals surface area contributed by atoms with E-state index in [4.69, 9.17) is 4.74 Å². The molecule has 0 amide bonds. The van der Waals surface area contributed by atoms with E-state index in [0.717, 1.165) is 0 Å². The monoisotopic (exact) mass is 247 g/mol. The molecule has 0 atom stereocenters. The summed E-state index contributed by atoms with van der Waals surface area (Å²) in [5, 5.41) is 2.52. The number of aromatic nitrogens is 2. The van der Waals surface area contributed by atoms with Crippen molar-refractivity contribution >= 4 is 5.82 Å². The van der Waals surface area contributed by atoms with E-state index in [9.17, 15) is 13.2 Å². The summed E-state index contributed by atoms with van der Waals surface area (Å²) in [5.74, 6) is -1.28. The van der Waals surface area contributed by atoms with Crippen LogP contribution in [0.25, 0.3) is 0 Å². The summed E-state index contributed by atoms with van der Waals surface area (Å²) in [6, 6.07) is 1.30. The molecule has 0 aliphatic heterocycles. The van der Waals surface area contributed by atoms with Gasteiger partial charge in [0.05, 0.1) is 6.61 Å². The molecule has 1 N–H and O–H groups in total. The lowest BCUT2D eigenvalue weighted by Crippen LogP contribution is -2.13. The molecule has 0 aliphatic carbocycles. The number of anilines is 1. The number of alkyl halides is 3. The van der Waals surface area contributed by atoms with E-state index in [0.29, 0.717) is 6.42 Å². The van der Waals surface area contributed by atoms with Crippen LogP contribution in [-0.4, -0.2) is 23.6 Å². The van der Waals surface area contributed by atoms with Gasteiger partial charge in [0.25, 0.3) is 0 Å². The molecule has 0 radical (unpaired) electrons. The van der Waals surface area contributed by atoms with Crippen LogP contribution >= 0.6 is 0 Å². The van der Waals surface area contributed by atoms with Crippen LogP contribution in [0.1, 0.15) is 12.2 Å². The van der Waals surface area contributed by atoms with Crippen LogP contribution in [0.3, 0.4) is 0 Å². The van der Waals surface area contributed by atoms with Crippen molar-refractivity contribution in [2.75, 3.05) is 19.0 Å². The SMILES string of the molecule is C=CCCOc1cc(NC)nc(C(F)(F)F)n1. The maximum absolute atomic E-state index is 12.4. The second kappa shape index (κ2) is 5.51. The zero-order chi connectivity index (χ0) is 12.9. The van der Waals surface area contributed by atoms with Crippen LogP contribution < -0.4 is 10.1 Å². The van der Waals surface area contributed by atoms with E-state index < -0.39 is 12.0 Å². The summed E-state index contributed by atoms with van der Waals surface area (Å²) in [6.07, 6.45) is -2.46. The molecule has 0 fully saturated rings. The molecule has 1 aromatic heterocycles. The predicted octanol–water partition coefficient (Wildman–Crippen LogP) is 2.49. The standard InChI is InChI=1S/C10H12F3N3O/c1-3-4-5-17-8-6-7(14-2)15-9(16-8)10(11,12)13/h3,6H,1,4-5H2,2H3,(H,14,15,16). The van der Waals surface area contributed by atoms with Crippen molar-refractivity contribution in [2.45, 2.75) is 12.6 Å². The topological polar surface area (TPSA) is 47.0 Å². The lowest BCUT2D eigenvalue weighted by Gasteiger charge is -2.10. The Morgan fingerprint density at radius 1 is 1.47 bits per heavy atom. The number of hydrogen-bond donors (Lipinski definition) is 1. The van der Waals surface area contributed by atoms with Crippen LogP contribution in [0.2, 0.25) is 0 Å². The third-order valence-corrected chi connectivity index (χ3v) is 1.78. The van der Waals surface area contributed by atoms with Crippen molar-refractivity contribution in [3.63, 3.8) is 0 Å². The maximum atomic E-state index is 12.4. The Balaban J connectivity index is 2.93. The summed E-state index contributed by atoms with van der Waals surface area (Å²) in [7, 11) is 1.47. The largest absolute Gasteiger partial charge is 0.477 e. The van der Waals surface area contributed by atoms with Gasteiger partial charge in [-0.05, 0) is 6.42 Å². The van der Waals surface area contributed by atoms with Crippen LogP contribution in [0.5, 0.6) is 5.88 Å². The van der Waals surface area contributed by atoms with Crippen molar-refractivity contribution in [3.8, 4) is 5.88 Å². The molecule has 1 rings (SSSR count). The van der Waals surface area contributed by atoms with Gasteiger partial charge in [-0.15, -0.1) is 6.58 Å². The minimum Gasteiger partial charge on any atom is -0.477 e. The Labute approximate surface area is 96.5 Å². The van der Waals surface area contributed by atoms with Crippen LogP contribution in [0.4, 0.5) is 19.0 Å². The number of hydrogen-bond acceptors (Lipinski definition) is 4. The quantitative estimate of drug-likeness (QED) is 0.641. The summed E-state index contributed by atoms with van der Waals surface area (Å²) in [6.45, 7) is 3.70. The Hall–Kier alpha value is -1.79. The first kappa shape index (κ1) is 13.3. The fourth-order valence-electron chi connectivity index (χ4n) is 1.00. The maximum Gasteiger partial charge on any atom is 0.451 e. The molecule has 0 spiro atoms. The lowest BCUT2D eigenvalue weighted by molar-refractivity contribution is -0.145. The van der Waals surface area contributed by atoms with E-state index in [1.165, 1.54) is 13.1 Å². The number of nitrogens with zero attached hydrogens (tertiary/aromatic N) is 2. The number of nitrogens with one attached hydrogen (secondary N) is 1. The van der Waals surface area contributed by atoms with Crippen molar-refractivity contribution in [3.05, 3.63) is 24.5 Å². The molecular weight excluding hydrogens is 235 g/mol. The normalized spacial score (nSPS) is 11.1. The fourth-order valence-corrected chi connectivity index (χ4v) is 1.00. The molecule has 0 aliphatic rings. The molecule has 0 saturated carbocycles. The van der Waals surface area contributed by atoms with Gasteiger partial charge < -0.3 is 10.1 Å². The van der Waals surface area contributed by atoms with Crippen LogP contribution in [0, 0.1) is 0 Å². The Bertz CT molecular complexity index is 393. The van der Waals surface area contributed by atoms with Crippen molar-refractivity contribution in [1.82, 2.24) is 9.97 Å². The first-order valence-electron chi connectivity index (χ1n) is 4.85. The van der Waals surface area contributed by atoms with Crippen molar-refractivity contribution < 1.29 is 17.9 Å². The molecule has 1 heterocycles. The zero-order valence-corrected chi connectivity index (χ0v) is 9.21. The number of halogens is 3. The fraction of sp³-hybridized carbons (Fsp3) is 0.400. The molecule has 17 heavy (non-hydrogen) atoms. The Morgan fingerprint density at radius 3 is 2.71 bits per heavy atom. The highest BCUT2D eigenvalue weighted by Crippen LogP contribution is 2.28. The molecule has 4 nitrogen and oxygen atoms in total. The van der Waals surface area contributed by atoms with Gasteiger partial charge >= 0.3 is 6.18 Å². The predicted molar refractivity (Wildman–Crippen MR) is 56.9 cm³/mol. The van der Waals surface area contributed by atoms with Gasteiger partial charge in [0.2, 0.25) is 11.7 Å². The van der Waals surface area contributed by atoms with Crippen molar-refractivity contribution in [2.24, 2.45) is 0 Å². The van der Waals surface area contributed by atoms with Gasteiger partial charge in [0.15, 0.2) is 0 Å². The minimum atomic E-state index is -4.59. The highest BCUT2D eigenvalue weighted by atomic mass is 19.4. The highest BCUT2D eigenvalue weighted by Gasteiger charge is 2.35. The van der Waals surface area contributed by atoms with Crippen LogP contribution in [0.15, 0.2) is 18.7 Å². The second-order valence-corrected chi connectivity index (χ2v) is 3.09. The van der Waals surface area contributed by atoms with E-state index in [2.05, 4.69) is 21.9 Å².